The molecule has 0 atom stereocenters. The molecular formula is C13H18N2O5. The van der Waals surface area contributed by atoms with E-state index in [1.165, 1.54) is 14.2 Å². The second-order valence-corrected chi connectivity index (χ2v) is 3.91. The molecule has 1 rings (SSSR count). The van der Waals surface area contributed by atoms with Crippen molar-refractivity contribution in [3.05, 3.63) is 28.8 Å². The third-order valence-corrected chi connectivity index (χ3v) is 2.48. The van der Waals surface area contributed by atoms with Crippen LogP contribution in [0.2, 0.25) is 0 Å². The predicted molar refractivity (Wildman–Crippen MR) is 69.7 cm³/mol. The van der Waals surface area contributed by atoms with E-state index in [0.717, 1.165) is 0 Å². The van der Waals surface area contributed by atoms with E-state index >= 15 is 0 Å². The fourth-order valence-electron chi connectivity index (χ4n) is 1.62. The highest BCUT2D eigenvalue weighted by Crippen LogP contribution is 2.29. The summed E-state index contributed by atoms with van der Waals surface area (Å²) in [6.45, 7) is 2.32. The minimum atomic E-state index is -0.489. The Hall–Kier alpha value is -2.15. The zero-order chi connectivity index (χ0) is 15.0. The molecule has 7 heteroatoms. The second-order valence-electron chi connectivity index (χ2n) is 3.91. The van der Waals surface area contributed by atoms with Gasteiger partial charge in [-0.05, 0) is 18.6 Å². The topological polar surface area (TPSA) is 90.3 Å². The molecule has 0 unspecified atom stereocenters. The fourth-order valence-corrected chi connectivity index (χ4v) is 1.62. The molecule has 1 aromatic carbocycles. The maximum Gasteiger partial charge on any atom is 0.341 e. The lowest BCUT2D eigenvalue weighted by molar-refractivity contribution is -0.482. The van der Waals surface area contributed by atoms with E-state index in [9.17, 15) is 4.79 Å². The van der Waals surface area contributed by atoms with Gasteiger partial charge in [-0.25, -0.2) is 4.79 Å². The summed E-state index contributed by atoms with van der Waals surface area (Å²) in [5, 5.41) is 1.99. The standard InChI is InChI=1S/C13H18N2O5/c1-9-6-10(19-5-4-15-14)7-11(20-8-17-2)12(9)13(16)18-3/h6-7,15H,4-5,8H2,1-3H3. The molecule has 0 heterocycles. The van der Waals surface area contributed by atoms with Gasteiger partial charge in [0.05, 0.1) is 7.11 Å². The van der Waals surface area contributed by atoms with Gasteiger partial charge in [0.15, 0.2) is 13.3 Å². The minimum Gasteiger partial charge on any atom is -0.508 e. The zero-order valence-corrected chi connectivity index (χ0v) is 11.8. The van der Waals surface area contributed by atoms with Gasteiger partial charge in [-0.1, -0.05) is 0 Å². The molecule has 0 saturated heterocycles. The number of rotatable bonds is 8. The smallest absolute Gasteiger partial charge is 0.341 e. The molecular weight excluding hydrogens is 264 g/mol. The van der Waals surface area contributed by atoms with E-state index in [2.05, 4.69) is 0 Å². The molecule has 0 bridgehead atoms. The lowest BCUT2D eigenvalue weighted by atomic mass is 10.1. The summed E-state index contributed by atoms with van der Waals surface area (Å²) in [7, 11) is 2.79. The van der Waals surface area contributed by atoms with Crippen molar-refractivity contribution in [2.45, 2.75) is 6.92 Å². The Labute approximate surface area is 117 Å². The third kappa shape index (κ3) is 4.20. The summed E-state index contributed by atoms with van der Waals surface area (Å²) in [5.74, 6) is 0.361. The highest BCUT2D eigenvalue weighted by Gasteiger charge is 2.18. The first-order valence-corrected chi connectivity index (χ1v) is 5.98. The number of carbonyl (C=O) groups excluding carboxylic acids is 1. The number of nitrogens with one attached hydrogen (secondary N) is 1. The van der Waals surface area contributed by atoms with Crippen LogP contribution in [-0.2, 0) is 9.47 Å². The van der Waals surface area contributed by atoms with Gasteiger partial charge < -0.3 is 29.6 Å². The van der Waals surface area contributed by atoms with Crippen LogP contribution >= 0.6 is 0 Å². The van der Waals surface area contributed by atoms with Crippen LogP contribution < -0.4 is 14.6 Å². The second kappa shape index (κ2) is 8.11. The first-order valence-electron chi connectivity index (χ1n) is 5.98. The van der Waals surface area contributed by atoms with E-state index in [-0.39, 0.29) is 19.9 Å². The molecule has 1 aromatic rings. The molecule has 0 aliphatic rings. The number of carbonyl (C=O) groups is 1. The summed E-state index contributed by atoms with van der Waals surface area (Å²) in [4.78, 5) is 11.8. The van der Waals surface area contributed by atoms with E-state index in [0.29, 0.717) is 22.6 Å². The summed E-state index contributed by atoms with van der Waals surface area (Å²) < 4.78 is 20.4. The molecule has 7 nitrogen and oxygen atoms in total. The average Bonchev–Trinajstić information content (AvgIpc) is 2.44. The quantitative estimate of drug-likeness (QED) is 0.319. The zero-order valence-electron chi connectivity index (χ0n) is 11.8. The van der Waals surface area contributed by atoms with Crippen molar-refractivity contribution in [2.24, 2.45) is 0 Å². The van der Waals surface area contributed by atoms with Gasteiger partial charge in [-0.2, -0.15) is 0 Å². The molecule has 0 aliphatic carbocycles. The number of methoxy groups -OCH3 is 2. The van der Waals surface area contributed by atoms with Crippen molar-refractivity contribution in [3.8, 4) is 11.5 Å². The van der Waals surface area contributed by atoms with Gasteiger partial charge in [0.1, 0.15) is 23.7 Å². The Bertz CT molecular complexity index is 476. The van der Waals surface area contributed by atoms with Gasteiger partial charge in [0, 0.05) is 13.2 Å². The Balaban J connectivity index is 3.04. The molecule has 20 heavy (non-hydrogen) atoms. The van der Waals surface area contributed by atoms with Crippen molar-refractivity contribution in [1.29, 1.82) is 0 Å². The lowest BCUT2D eigenvalue weighted by Crippen LogP contribution is -2.64. The number of nitrogens with zero attached hydrogens (tertiary/aromatic N) is 1. The van der Waals surface area contributed by atoms with Crippen LogP contribution in [0.25, 0.3) is 5.53 Å². The van der Waals surface area contributed by atoms with Gasteiger partial charge >= 0.3 is 5.97 Å². The van der Waals surface area contributed by atoms with Crippen molar-refractivity contribution >= 4 is 5.97 Å². The molecule has 1 N–H and O–H groups in total. The minimum absolute atomic E-state index is 0.00504. The highest BCUT2D eigenvalue weighted by atomic mass is 16.7. The van der Waals surface area contributed by atoms with Crippen molar-refractivity contribution in [1.82, 2.24) is 0 Å². The number of esters is 1. The van der Waals surface area contributed by atoms with Crippen molar-refractivity contribution < 1.29 is 28.9 Å². The summed E-state index contributed by atoms with van der Waals surface area (Å²) in [6, 6.07) is 3.28. The maximum atomic E-state index is 11.8. The summed E-state index contributed by atoms with van der Waals surface area (Å²) >= 11 is 0. The molecule has 0 aliphatic heterocycles. The molecule has 0 amide bonds. The van der Waals surface area contributed by atoms with Crippen LogP contribution in [0.15, 0.2) is 12.1 Å². The van der Waals surface area contributed by atoms with Crippen LogP contribution in [0.4, 0.5) is 0 Å². The van der Waals surface area contributed by atoms with E-state index < -0.39 is 5.97 Å². The predicted octanol–water partition coefficient (Wildman–Crippen LogP) is 0.245. The van der Waals surface area contributed by atoms with E-state index in [1.807, 2.05) is 5.11 Å². The Morgan fingerprint density at radius 2 is 2.05 bits per heavy atom. The lowest BCUT2D eigenvalue weighted by Gasteiger charge is -2.14. The molecule has 0 aromatic heterocycles. The van der Waals surface area contributed by atoms with Crippen LogP contribution in [0, 0.1) is 6.92 Å². The Kier molecular flexibility index (Phi) is 6.45. The number of aryl methyl sites for hydroxylation is 1. The first-order chi connectivity index (χ1) is 9.63. The van der Waals surface area contributed by atoms with Crippen molar-refractivity contribution in [2.75, 3.05) is 34.2 Å². The molecule has 0 fully saturated rings. The van der Waals surface area contributed by atoms with Gasteiger partial charge in [-0.3, -0.25) is 0 Å². The summed E-state index contributed by atoms with van der Waals surface area (Å²) in [5.41, 5.74) is 9.48. The van der Waals surface area contributed by atoms with E-state index in [4.69, 9.17) is 24.5 Å². The number of benzene rings is 1. The van der Waals surface area contributed by atoms with Crippen LogP contribution in [0.3, 0.4) is 0 Å². The number of ether oxygens (including phenoxy) is 4. The fraction of sp³-hybridized carbons (Fsp3) is 0.462. The molecule has 110 valence electrons. The average molecular weight is 282 g/mol. The van der Waals surface area contributed by atoms with Crippen LogP contribution in [0.1, 0.15) is 15.9 Å². The third-order valence-electron chi connectivity index (χ3n) is 2.48. The Morgan fingerprint density at radius 3 is 2.65 bits per heavy atom. The number of hydrogen-bond acceptors (Lipinski definition) is 5. The maximum absolute atomic E-state index is 11.8. The SMILES string of the molecule is COCOc1cc(OCC[NH+]=[N-])cc(C)c1C(=O)OC. The highest BCUT2D eigenvalue weighted by molar-refractivity contribution is 5.94. The van der Waals surface area contributed by atoms with Gasteiger partial charge in [-0.15, -0.1) is 0 Å². The molecule has 0 saturated carbocycles. The van der Waals surface area contributed by atoms with Crippen molar-refractivity contribution in [3.63, 3.8) is 0 Å². The van der Waals surface area contributed by atoms with Crippen LogP contribution in [0.5, 0.6) is 11.5 Å². The van der Waals surface area contributed by atoms with Gasteiger partial charge in [0.25, 0.3) is 0 Å². The van der Waals surface area contributed by atoms with Gasteiger partial charge in [0.2, 0.25) is 0 Å². The molecule has 0 radical (unpaired) electrons. The molecule has 0 spiro atoms. The Morgan fingerprint density at radius 1 is 1.30 bits per heavy atom. The monoisotopic (exact) mass is 282 g/mol. The van der Waals surface area contributed by atoms with E-state index in [1.54, 1.807) is 19.1 Å². The van der Waals surface area contributed by atoms with Crippen LogP contribution in [-0.4, -0.2) is 40.1 Å². The largest absolute Gasteiger partial charge is 0.508 e. The summed E-state index contributed by atoms with van der Waals surface area (Å²) in [6.07, 6.45) is 0. The normalized spacial score (nSPS) is 9.95. The number of hydrogen-bond donors (Lipinski definition) is 1. The first kappa shape index (κ1) is 15.9.